The first-order chi connectivity index (χ1) is 29.3. The third-order valence-electron chi connectivity index (χ3n) is 11.7. The second-order valence-electron chi connectivity index (χ2n) is 15.2. The van der Waals surface area contributed by atoms with Gasteiger partial charge in [-0.15, -0.1) is 11.3 Å². The van der Waals surface area contributed by atoms with Crippen LogP contribution in [-0.2, 0) is 6.42 Å². The van der Waals surface area contributed by atoms with Gasteiger partial charge in [-0.2, -0.15) is 0 Å². The van der Waals surface area contributed by atoms with E-state index < -0.39 is 0 Å². The number of rotatable bonds is 8. The van der Waals surface area contributed by atoms with E-state index in [2.05, 4.69) is 228 Å². The van der Waals surface area contributed by atoms with Crippen LogP contribution in [0, 0.1) is 0 Å². The maximum Gasteiger partial charge on any atom is 0.0646 e. The molecule has 0 bridgehead atoms. The average molecular weight is 773 g/mol. The van der Waals surface area contributed by atoms with Gasteiger partial charge in [0, 0.05) is 33.5 Å². The van der Waals surface area contributed by atoms with Crippen molar-refractivity contribution in [1.82, 2.24) is 0 Å². The number of fused-ring (bicyclic) bond motifs is 7. The molecule has 0 aliphatic heterocycles. The molecule has 0 saturated heterocycles. The van der Waals surface area contributed by atoms with E-state index in [4.69, 9.17) is 0 Å². The topological polar surface area (TPSA) is 6.48 Å². The Labute approximate surface area is 349 Å². The van der Waals surface area contributed by atoms with Gasteiger partial charge in [-0.1, -0.05) is 158 Å². The average Bonchev–Trinajstić information content (AvgIpc) is 3.73. The second-order valence-corrected chi connectivity index (χ2v) is 16.2. The Balaban J connectivity index is 1.19. The minimum Gasteiger partial charge on any atom is -0.309 e. The Morgan fingerprint density at radius 2 is 0.831 bits per heavy atom. The maximum absolute atomic E-state index is 2.48. The standard InChI is InChI=1S/C56H40N2S/c1-5-17-39(18-6-1)41-29-33-47(34-30-41)57(45-23-9-3-10-24-45)51-37-43-21-13-15-27-49(43)53-54-50-28-16-14-22-44(50)38-52(56(54)59-55(51)53)58(46-25-11-4-12-26-46)48-35-31-42(32-36-48)40-19-7-2-8-20-40/h1-13,15-21,23-38H,14,22H2. The van der Waals surface area contributed by atoms with Crippen molar-refractivity contribution in [2.24, 2.45) is 0 Å². The lowest BCUT2D eigenvalue weighted by Gasteiger charge is -2.28. The molecule has 0 spiro atoms. The van der Waals surface area contributed by atoms with Crippen LogP contribution >= 0.6 is 11.3 Å². The summed E-state index contributed by atoms with van der Waals surface area (Å²) >= 11 is 1.92. The molecule has 280 valence electrons. The Morgan fingerprint density at radius 3 is 1.39 bits per heavy atom. The first kappa shape index (κ1) is 35.0. The monoisotopic (exact) mass is 772 g/mol. The second kappa shape index (κ2) is 14.9. The zero-order valence-electron chi connectivity index (χ0n) is 32.5. The van der Waals surface area contributed by atoms with E-state index in [0.717, 1.165) is 35.6 Å². The first-order valence-corrected chi connectivity index (χ1v) is 21.2. The van der Waals surface area contributed by atoms with E-state index in [9.17, 15) is 0 Å². The summed E-state index contributed by atoms with van der Waals surface area (Å²) in [6.07, 6.45) is 6.78. The van der Waals surface area contributed by atoms with Crippen molar-refractivity contribution < 1.29 is 0 Å². The summed E-state index contributed by atoms with van der Waals surface area (Å²) in [6.45, 7) is 0. The highest BCUT2D eigenvalue weighted by Gasteiger charge is 2.27. The number of hydrogen-bond donors (Lipinski definition) is 0. The summed E-state index contributed by atoms with van der Waals surface area (Å²) in [4.78, 5) is 4.93. The molecule has 1 aliphatic carbocycles. The quantitative estimate of drug-likeness (QED) is 0.152. The van der Waals surface area contributed by atoms with Crippen LogP contribution in [0.15, 0.2) is 212 Å². The van der Waals surface area contributed by atoms with E-state index in [1.165, 1.54) is 75.7 Å². The smallest absolute Gasteiger partial charge is 0.0646 e. The van der Waals surface area contributed by atoms with Crippen LogP contribution < -0.4 is 9.80 Å². The van der Waals surface area contributed by atoms with Gasteiger partial charge in [-0.05, 0) is 118 Å². The van der Waals surface area contributed by atoms with Gasteiger partial charge in [-0.25, -0.2) is 0 Å². The Morgan fingerprint density at radius 1 is 0.390 bits per heavy atom. The van der Waals surface area contributed by atoms with Crippen LogP contribution in [0.5, 0.6) is 0 Å². The summed E-state index contributed by atoms with van der Waals surface area (Å²) in [5.41, 5.74) is 14.5. The molecule has 1 aromatic heterocycles. The predicted octanol–water partition coefficient (Wildman–Crippen LogP) is 16.4. The highest BCUT2D eigenvalue weighted by molar-refractivity contribution is 7.27. The summed E-state index contributed by atoms with van der Waals surface area (Å²) in [7, 11) is 0. The maximum atomic E-state index is 2.48. The van der Waals surface area contributed by atoms with Gasteiger partial charge in [0.05, 0.1) is 20.8 Å². The molecule has 0 radical (unpaired) electrons. The number of thiophene rings is 1. The molecule has 0 saturated carbocycles. The van der Waals surface area contributed by atoms with E-state index in [-0.39, 0.29) is 0 Å². The Bertz CT molecular complexity index is 3120. The van der Waals surface area contributed by atoms with Crippen molar-refractivity contribution >= 4 is 82.5 Å². The zero-order valence-corrected chi connectivity index (χ0v) is 33.3. The fourth-order valence-corrected chi connectivity index (χ4v) is 10.2. The normalized spacial score (nSPS) is 12.2. The van der Waals surface area contributed by atoms with Gasteiger partial charge in [0.1, 0.15) is 0 Å². The summed E-state index contributed by atoms with van der Waals surface area (Å²) in [6, 6.07) is 75.0. The van der Waals surface area contributed by atoms with Crippen LogP contribution in [0.1, 0.15) is 17.5 Å². The van der Waals surface area contributed by atoms with E-state index >= 15 is 0 Å². The molecule has 1 aliphatic rings. The van der Waals surface area contributed by atoms with Crippen molar-refractivity contribution in [1.29, 1.82) is 0 Å². The highest BCUT2D eigenvalue weighted by Crippen LogP contribution is 2.54. The van der Waals surface area contributed by atoms with E-state index in [1.807, 2.05) is 11.3 Å². The molecule has 10 aromatic rings. The van der Waals surface area contributed by atoms with Gasteiger partial charge in [0.25, 0.3) is 0 Å². The largest absolute Gasteiger partial charge is 0.309 e. The minimum atomic E-state index is 1.00. The SMILES string of the molecule is C1=Cc2c(cc(N(c3ccccc3)c3ccc(-c4ccccc4)cc3)c3sc4c(N(c5ccccc5)c5ccc(-c6ccccc6)cc5)cc5ccccc5c4c23)CC1. The molecular formula is C56H40N2S. The van der Waals surface area contributed by atoms with E-state index in [1.54, 1.807) is 0 Å². The molecule has 0 amide bonds. The number of allylic oxidation sites excluding steroid dienone is 1. The summed E-state index contributed by atoms with van der Waals surface area (Å²) in [5.74, 6) is 0. The molecule has 1 heterocycles. The summed E-state index contributed by atoms with van der Waals surface area (Å²) < 4.78 is 2.56. The lowest BCUT2D eigenvalue weighted by molar-refractivity contribution is 0.989. The number of benzene rings is 9. The molecular weight excluding hydrogens is 733 g/mol. The molecule has 3 heteroatoms. The molecule has 0 fully saturated rings. The number of para-hydroxylation sites is 2. The third kappa shape index (κ3) is 6.28. The molecule has 59 heavy (non-hydrogen) atoms. The van der Waals surface area contributed by atoms with Crippen molar-refractivity contribution in [2.75, 3.05) is 9.80 Å². The number of nitrogens with zero attached hydrogens (tertiary/aromatic N) is 2. The minimum absolute atomic E-state index is 1.00. The number of aryl methyl sites for hydroxylation is 1. The van der Waals surface area contributed by atoms with Crippen LogP contribution in [0.2, 0.25) is 0 Å². The van der Waals surface area contributed by atoms with Gasteiger partial charge < -0.3 is 9.80 Å². The van der Waals surface area contributed by atoms with Gasteiger partial charge >= 0.3 is 0 Å². The third-order valence-corrected chi connectivity index (χ3v) is 12.9. The van der Waals surface area contributed by atoms with Gasteiger partial charge in [0.2, 0.25) is 0 Å². The fourth-order valence-electron chi connectivity index (χ4n) is 8.88. The van der Waals surface area contributed by atoms with Crippen molar-refractivity contribution in [2.45, 2.75) is 12.8 Å². The first-order valence-electron chi connectivity index (χ1n) is 20.4. The van der Waals surface area contributed by atoms with Crippen molar-refractivity contribution in [3.63, 3.8) is 0 Å². The van der Waals surface area contributed by atoms with Crippen LogP contribution in [-0.4, -0.2) is 0 Å². The molecule has 0 unspecified atom stereocenters. The lowest BCUT2D eigenvalue weighted by atomic mass is 9.90. The summed E-state index contributed by atoms with van der Waals surface area (Å²) in [5, 5.41) is 5.16. The highest BCUT2D eigenvalue weighted by atomic mass is 32.1. The lowest BCUT2D eigenvalue weighted by Crippen LogP contribution is -2.11. The van der Waals surface area contributed by atoms with Crippen molar-refractivity contribution in [3.05, 3.63) is 223 Å². The Kier molecular flexibility index (Phi) is 8.87. The molecule has 11 rings (SSSR count). The Hall–Kier alpha value is -7.20. The van der Waals surface area contributed by atoms with E-state index in [0.29, 0.717) is 0 Å². The number of anilines is 6. The molecule has 0 N–H and O–H groups in total. The molecule has 0 atom stereocenters. The fraction of sp³-hybridized carbons (Fsp3) is 0.0357. The van der Waals surface area contributed by atoms with Gasteiger partial charge in [-0.3, -0.25) is 0 Å². The van der Waals surface area contributed by atoms with Crippen LogP contribution in [0.25, 0.3) is 59.3 Å². The van der Waals surface area contributed by atoms with Crippen LogP contribution in [0.3, 0.4) is 0 Å². The molecule has 9 aromatic carbocycles. The predicted molar refractivity (Wildman–Crippen MR) is 254 cm³/mol. The van der Waals surface area contributed by atoms with Gasteiger partial charge in [0.15, 0.2) is 0 Å². The van der Waals surface area contributed by atoms with Crippen LogP contribution in [0.4, 0.5) is 34.1 Å². The zero-order chi connectivity index (χ0) is 39.1. The molecule has 2 nitrogen and oxygen atoms in total. The number of hydrogen-bond acceptors (Lipinski definition) is 3. The van der Waals surface area contributed by atoms with Crippen molar-refractivity contribution in [3.8, 4) is 22.3 Å².